The topological polar surface area (TPSA) is 26.3 Å². The maximum absolute atomic E-state index is 11.1. The minimum absolute atomic E-state index is 0.106. The molecule has 0 N–H and O–H groups in total. The average molecular weight is 224 g/mol. The lowest BCUT2D eigenvalue weighted by Gasteiger charge is -2.06. The summed E-state index contributed by atoms with van der Waals surface area (Å²) in [6.07, 6.45) is 0.675. The second-order valence-corrected chi connectivity index (χ2v) is 4.21. The summed E-state index contributed by atoms with van der Waals surface area (Å²) in [6, 6.07) is 17.4. The van der Waals surface area contributed by atoms with E-state index in [9.17, 15) is 4.79 Å². The molecule has 2 aromatic carbocycles. The van der Waals surface area contributed by atoms with E-state index in [1.807, 2.05) is 54.6 Å². The minimum atomic E-state index is 0.106. The van der Waals surface area contributed by atoms with Crippen LogP contribution in [0.2, 0.25) is 0 Å². The zero-order valence-electron chi connectivity index (χ0n) is 9.30. The van der Waals surface area contributed by atoms with Crippen molar-refractivity contribution in [1.29, 1.82) is 0 Å². The molecule has 2 nitrogen and oxygen atoms in total. The monoisotopic (exact) mass is 224 g/mol. The Balaban J connectivity index is 1.82. The molecule has 0 amide bonds. The summed E-state index contributed by atoms with van der Waals surface area (Å²) in [4.78, 5) is 11.1. The van der Waals surface area contributed by atoms with Gasteiger partial charge in [0.05, 0.1) is 0 Å². The summed E-state index contributed by atoms with van der Waals surface area (Å²) in [6.45, 7) is 0. The summed E-state index contributed by atoms with van der Waals surface area (Å²) in [5, 5.41) is 0. The summed E-state index contributed by atoms with van der Waals surface area (Å²) in [5.74, 6) is 2.02. The Morgan fingerprint density at radius 1 is 0.941 bits per heavy atom. The lowest BCUT2D eigenvalue weighted by atomic mass is 10.1. The van der Waals surface area contributed by atoms with Crippen LogP contribution < -0.4 is 4.74 Å². The van der Waals surface area contributed by atoms with Crippen LogP contribution in [-0.2, 0) is 4.79 Å². The third-order valence-electron chi connectivity index (χ3n) is 2.87. The number of rotatable bonds is 3. The summed E-state index contributed by atoms with van der Waals surface area (Å²) in [5.41, 5.74) is 1.06. The summed E-state index contributed by atoms with van der Waals surface area (Å²) in [7, 11) is 0. The number of ether oxygens (including phenoxy) is 1. The van der Waals surface area contributed by atoms with Crippen molar-refractivity contribution in [3.8, 4) is 11.5 Å². The predicted octanol–water partition coefficient (Wildman–Crippen LogP) is 3.54. The molecule has 3 rings (SSSR count). The number of ketones is 1. The van der Waals surface area contributed by atoms with Crippen LogP contribution in [0.4, 0.5) is 0 Å². The van der Waals surface area contributed by atoms with Gasteiger partial charge in [0.15, 0.2) is 0 Å². The van der Waals surface area contributed by atoms with Gasteiger partial charge in [-0.1, -0.05) is 30.3 Å². The van der Waals surface area contributed by atoms with Crippen LogP contribution in [0.25, 0.3) is 0 Å². The van der Waals surface area contributed by atoms with Crippen molar-refractivity contribution in [1.82, 2.24) is 0 Å². The van der Waals surface area contributed by atoms with Crippen molar-refractivity contribution in [2.24, 2.45) is 0 Å². The molecule has 0 radical (unpaired) electrons. The fourth-order valence-corrected chi connectivity index (χ4v) is 1.87. The van der Waals surface area contributed by atoms with Gasteiger partial charge in [0.1, 0.15) is 17.3 Å². The van der Waals surface area contributed by atoms with Crippen LogP contribution in [0.5, 0.6) is 11.5 Å². The molecule has 1 unspecified atom stereocenters. The molecule has 0 aromatic heterocycles. The maximum Gasteiger partial charge on any atom is 0.141 e. The first-order valence-corrected chi connectivity index (χ1v) is 5.68. The van der Waals surface area contributed by atoms with E-state index in [1.165, 1.54) is 0 Å². The van der Waals surface area contributed by atoms with E-state index in [0.717, 1.165) is 17.1 Å². The number of hydrogen-bond donors (Lipinski definition) is 0. The molecule has 1 saturated carbocycles. The molecule has 1 atom stereocenters. The number of benzene rings is 2. The third-order valence-corrected chi connectivity index (χ3v) is 2.87. The lowest BCUT2D eigenvalue weighted by molar-refractivity contribution is -0.110. The van der Waals surface area contributed by atoms with E-state index in [4.69, 9.17) is 4.74 Å². The Morgan fingerprint density at radius 2 is 1.65 bits per heavy atom. The Labute approximate surface area is 99.9 Å². The van der Waals surface area contributed by atoms with Crippen LogP contribution in [0, 0.1) is 0 Å². The normalized spacial score (nSPS) is 17.9. The second kappa shape index (κ2) is 4.06. The molecule has 0 aliphatic heterocycles. The quantitative estimate of drug-likeness (QED) is 0.797. The Morgan fingerprint density at radius 3 is 2.35 bits per heavy atom. The second-order valence-electron chi connectivity index (χ2n) is 4.21. The third kappa shape index (κ3) is 2.21. The molecule has 0 saturated heterocycles. The molecule has 1 aliphatic rings. The molecule has 2 heteroatoms. The number of hydrogen-bond acceptors (Lipinski definition) is 2. The Hall–Kier alpha value is -2.09. The highest BCUT2D eigenvalue weighted by Gasteiger charge is 2.36. The highest BCUT2D eigenvalue weighted by Crippen LogP contribution is 2.37. The fraction of sp³-hybridized carbons (Fsp3) is 0.133. The van der Waals surface area contributed by atoms with E-state index in [0.29, 0.717) is 12.2 Å². The Kier molecular flexibility index (Phi) is 2.41. The molecule has 2 aromatic rings. The van der Waals surface area contributed by atoms with Crippen LogP contribution in [0.1, 0.15) is 17.9 Å². The highest BCUT2D eigenvalue weighted by atomic mass is 16.5. The Bertz CT molecular complexity index is 546. The van der Waals surface area contributed by atoms with Crippen molar-refractivity contribution >= 4 is 5.78 Å². The molecule has 1 aliphatic carbocycles. The minimum Gasteiger partial charge on any atom is -0.457 e. The zero-order valence-corrected chi connectivity index (χ0v) is 9.30. The van der Waals surface area contributed by atoms with Gasteiger partial charge in [-0.3, -0.25) is 4.79 Å². The van der Waals surface area contributed by atoms with E-state index < -0.39 is 0 Å². The van der Waals surface area contributed by atoms with Gasteiger partial charge in [-0.05, 0) is 29.8 Å². The highest BCUT2D eigenvalue weighted by molar-refractivity contribution is 6.01. The smallest absolute Gasteiger partial charge is 0.141 e. The van der Waals surface area contributed by atoms with Crippen molar-refractivity contribution in [2.75, 3.05) is 0 Å². The van der Waals surface area contributed by atoms with Crippen LogP contribution >= 0.6 is 0 Å². The van der Waals surface area contributed by atoms with E-state index in [-0.39, 0.29) is 5.92 Å². The summed E-state index contributed by atoms with van der Waals surface area (Å²) < 4.78 is 5.72. The van der Waals surface area contributed by atoms with E-state index in [2.05, 4.69) is 0 Å². The molecule has 0 heterocycles. The van der Waals surface area contributed by atoms with Crippen LogP contribution in [-0.4, -0.2) is 5.78 Å². The fourth-order valence-electron chi connectivity index (χ4n) is 1.87. The molecular formula is C15H12O2. The van der Waals surface area contributed by atoms with Crippen molar-refractivity contribution < 1.29 is 9.53 Å². The zero-order chi connectivity index (χ0) is 11.7. The number of carbonyl (C=O) groups is 1. The average Bonchev–Trinajstić information content (AvgIpc) is 3.08. The first kappa shape index (κ1) is 10.1. The molecule has 84 valence electrons. The standard InChI is InChI=1S/C15H12O2/c16-15-10-14(15)11-5-4-8-13(9-11)17-12-6-2-1-3-7-12/h1-9,14H,10H2. The van der Waals surface area contributed by atoms with Gasteiger partial charge in [0.2, 0.25) is 0 Å². The molecule has 17 heavy (non-hydrogen) atoms. The molecule has 0 spiro atoms. The van der Waals surface area contributed by atoms with Crippen molar-refractivity contribution in [3.63, 3.8) is 0 Å². The first-order chi connectivity index (χ1) is 8.33. The first-order valence-electron chi connectivity index (χ1n) is 5.68. The molecule has 1 fully saturated rings. The molecule has 0 bridgehead atoms. The largest absolute Gasteiger partial charge is 0.457 e. The van der Waals surface area contributed by atoms with Gasteiger partial charge >= 0.3 is 0 Å². The number of carbonyl (C=O) groups excluding carboxylic acids is 1. The maximum atomic E-state index is 11.1. The molecular weight excluding hydrogens is 212 g/mol. The van der Waals surface area contributed by atoms with E-state index in [1.54, 1.807) is 0 Å². The van der Waals surface area contributed by atoms with Gasteiger partial charge in [0, 0.05) is 12.3 Å². The van der Waals surface area contributed by atoms with Gasteiger partial charge < -0.3 is 4.74 Å². The van der Waals surface area contributed by atoms with Gasteiger partial charge in [-0.2, -0.15) is 0 Å². The van der Waals surface area contributed by atoms with Crippen molar-refractivity contribution in [3.05, 3.63) is 60.2 Å². The predicted molar refractivity (Wildman–Crippen MR) is 65.3 cm³/mol. The van der Waals surface area contributed by atoms with Crippen LogP contribution in [0.3, 0.4) is 0 Å². The van der Waals surface area contributed by atoms with Crippen molar-refractivity contribution in [2.45, 2.75) is 12.3 Å². The number of Topliss-reactive ketones (excluding diaryl/α,β-unsaturated/α-hetero) is 1. The summed E-state index contributed by atoms with van der Waals surface area (Å²) >= 11 is 0. The van der Waals surface area contributed by atoms with Gasteiger partial charge in [0.25, 0.3) is 0 Å². The van der Waals surface area contributed by atoms with Gasteiger partial charge in [-0.15, -0.1) is 0 Å². The SMILES string of the molecule is O=C1CC1c1cccc(Oc2ccccc2)c1. The van der Waals surface area contributed by atoms with E-state index >= 15 is 0 Å². The lowest BCUT2D eigenvalue weighted by Crippen LogP contribution is -1.86. The van der Waals surface area contributed by atoms with Crippen LogP contribution in [0.15, 0.2) is 54.6 Å². The number of para-hydroxylation sites is 1. The van der Waals surface area contributed by atoms with Gasteiger partial charge in [-0.25, -0.2) is 0 Å².